The number of rotatable bonds is 7. The van der Waals surface area contributed by atoms with E-state index in [0.29, 0.717) is 0 Å². The lowest BCUT2D eigenvalue weighted by Crippen LogP contribution is -2.28. The third-order valence-corrected chi connectivity index (χ3v) is 1.94. The van der Waals surface area contributed by atoms with Gasteiger partial charge in [0.15, 0.2) is 6.10 Å². The first kappa shape index (κ1) is 15.1. The van der Waals surface area contributed by atoms with E-state index in [0.717, 1.165) is 0 Å². The molecule has 0 saturated carbocycles. The molecule has 2 atom stereocenters. The Hall–Kier alpha value is -0.910. The molecule has 0 aromatic heterocycles. The van der Waals surface area contributed by atoms with Gasteiger partial charge in [-0.1, -0.05) is 0 Å². The summed E-state index contributed by atoms with van der Waals surface area (Å²) in [5, 5.41) is 0. The zero-order valence-corrected chi connectivity index (χ0v) is 10.1. The Bertz CT molecular complexity index is 265. The van der Waals surface area contributed by atoms with E-state index in [2.05, 4.69) is 14.0 Å². The Morgan fingerprint density at radius 3 is 2.25 bits per heavy atom. The second kappa shape index (κ2) is 8.27. The molecule has 0 radical (unpaired) electrons. The maximum atomic E-state index is 11.2. The van der Waals surface area contributed by atoms with Gasteiger partial charge in [0.2, 0.25) is 0 Å². The van der Waals surface area contributed by atoms with Crippen LogP contribution in [0.15, 0.2) is 0 Å². The zero-order valence-electron chi connectivity index (χ0n) is 9.10. The van der Waals surface area contributed by atoms with Crippen molar-refractivity contribution in [3.63, 3.8) is 0 Å². The van der Waals surface area contributed by atoms with E-state index < -0.39 is 32.7 Å². The molecule has 16 heavy (non-hydrogen) atoms. The summed E-state index contributed by atoms with van der Waals surface area (Å²) >= 11 is 0. The van der Waals surface area contributed by atoms with Crippen molar-refractivity contribution in [1.29, 1.82) is 0 Å². The Morgan fingerprint density at radius 1 is 1.25 bits per heavy atom. The standard InChI is InChI=1S/C8H15O7P/c1-3-13-7(9)5-6(15-16(11)12)8(10)14-4-2/h6,16H,3-5H2,1-2H3,(H,11,12). The molecule has 1 N–H and O–H groups in total. The fourth-order valence-electron chi connectivity index (χ4n) is 0.901. The Kier molecular flexibility index (Phi) is 7.80. The van der Waals surface area contributed by atoms with Gasteiger partial charge in [0.25, 0.3) is 0 Å². The molecule has 0 saturated heterocycles. The van der Waals surface area contributed by atoms with Crippen molar-refractivity contribution in [3.8, 4) is 0 Å². The Morgan fingerprint density at radius 2 is 1.81 bits per heavy atom. The van der Waals surface area contributed by atoms with Gasteiger partial charge >= 0.3 is 20.2 Å². The summed E-state index contributed by atoms with van der Waals surface area (Å²) in [6, 6.07) is 0. The smallest absolute Gasteiger partial charge is 0.336 e. The van der Waals surface area contributed by atoms with Gasteiger partial charge in [-0.2, -0.15) is 0 Å². The molecule has 0 fully saturated rings. The molecule has 0 aromatic rings. The van der Waals surface area contributed by atoms with Gasteiger partial charge in [0, 0.05) is 0 Å². The summed E-state index contributed by atoms with van der Waals surface area (Å²) in [6.45, 7) is 3.42. The van der Waals surface area contributed by atoms with Crippen LogP contribution in [0.4, 0.5) is 0 Å². The molecule has 2 unspecified atom stereocenters. The van der Waals surface area contributed by atoms with E-state index in [1.54, 1.807) is 13.8 Å². The predicted molar refractivity (Wildman–Crippen MR) is 54.0 cm³/mol. The minimum atomic E-state index is -3.31. The minimum absolute atomic E-state index is 0.0911. The van der Waals surface area contributed by atoms with Crippen molar-refractivity contribution in [2.45, 2.75) is 26.4 Å². The fourth-order valence-corrected chi connectivity index (χ4v) is 1.32. The molecule has 0 aliphatic carbocycles. The molecule has 0 aliphatic rings. The van der Waals surface area contributed by atoms with E-state index in [1.807, 2.05) is 0 Å². The number of carbonyl (C=O) groups is 2. The normalized spacial score (nSPS) is 13.9. The van der Waals surface area contributed by atoms with Crippen LogP contribution in [0.2, 0.25) is 0 Å². The number of hydrogen-bond acceptors (Lipinski definition) is 6. The summed E-state index contributed by atoms with van der Waals surface area (Å²) in [5.74, 6) is -1.55. The summed E-state index contributed by atoms with van der Waals surface area (Å²) in [4.78, 5) is 30.8. The van der Waals surface area contributed by atoms with Gasteiger partial charge in [-0.15, -0.1) is 0 Å². The number of hydrogen-bond donors (Lipinski definition) is 1. The van der Waals surface area contributed by atoms with Gasteiger partial charge in [-0.25, -0.2) is 4.79 Å². The lowest BCUT2D eigenvalue weighted by atomic mass is 10.2. The zero-order chi connectivity index (χ0) is 12.6. The van der Waals surface area contributed by atoms with E-state index in [1.165, 1.54) is 0 Å². The molecule has 0 aliphatic heterocycles. The Balaban J connectivity index is 4.36. The number of esters is 2. The molecule has 0 bridgehead atoms. The average Bonchev–Trinajstić information content (AvgIpc) is 2.16. The molecule has 8 heteroatoms. The van der Waals surface area contributed by atoms with Gasteiger partial charge in [0.05, 0.1) is 19.6 Å². The summed E-state index contributed by atoms with van der Waals surface area (Å²) in [5.41, 5.74) is 0. The minimum Gasteiger partial charge on any atom is -0.466 e. The molecule has 7 nitrogen and oxygen atoms in total. The van der Waals surface area contributed by atoms with Crippen molar-refractivity contribution in [2.75, 3.05) is 13.2 Å². The highest BCUT2D eigenvalue weighted by molar-refractivity contribution is 7.32. The van der Waals surface area contributed by atoms with Crippen molar-refractivity contribution in [2.24, 2.45) is 0 Å². The second-order valence-corrected chi connectivity index (χ2v) is 3.40. The molecule has 0 rings (SSSR count). The van der Waals surface area contributed by atoms with Crippen LogP contribution >= 0.6 is 8.25 Å². The van der Waals surface area contributed by atoms with Crippen molar-refractivity contribution < 1.29 is 33.0 Å². The lowest BCUT2D eigenvalue weighted by molar-refractivity contribution is -0.158. The fraction of sp³-hybridized carbons (Fsp3) is 0.750. The molecule has 0 heterocycles. The third kappa shape index (κ3) is 6.55. The third-order valence-electron chi connectivity index (χ3n) is 1.45. The molecular formula is C8H15O7P. The molecular weight excluding hydrogens is 239 g/mol. The van der Waals surface area contributed by atoms with E-state index in [4.69, 9.17) is 4.89 Å². The quantitative estimate of drug-likeness (QED) is 0.514. The van der Waals surface area contributed by atoms with Gasteiger partial charge in [0.1, 0.15) is 0 Å². The Labute approximate surface area is 93.6 Å². The summed E-state index contributed by atoms with van der Waals surface area (Å²) in [7, 11) is -3.31. The molecule has 94 valence electrons. The topological polar surface area (TPSA) is 99.1 Å². The largest absolute Gasteiger partial charge is 0.466 e. The molecule has 0 aromatic carbocycles. The highest BCUT2D eigenvalue weighted by Gasteiger charge is 2.26. The van der Waals surface area contributed by atoms with E-state index >= 15 is 0 Å². The van der Waals surface area contributed by atoms with Crippen molar-refractivity contribution in [1.82, 2.24) is 0 Å². The van der Waals surface area contributed by atoms with E-state index in [-0.39, 0.29) is 13.2 Å². The van der Waals surface area contributed by atoms with Crippen LogP contribution < -0.4 is 0 Å². The maximum absolute atomic E-state index is 11.2. The van der Waals surface area contributed by atoms with E-state index in [9.17, 15) is 14.2 Å². The van der Waals surface area contributed by atoms with Gasteiger partial charge < -0.3 is 14.4 Å². The number of carbonyl (C=O) groups excluding carboxylic acids is 2. The lowest BCUT2D eigenvalue weighted by Gasteiger charge is -2.13. The SMILES string of the molecule is CCOC(=O)CC(O[PH](=O)O)C(=O)OCC. The van der Waals surface area contributed by atoms with Crippen molar-refractivity contribution >= 4 is 20.2 Å². The van der Waals surface area contributed by atoms with Gasteiger partial charge in [-0.3, -0.25) is 13.9 Å². The van der Waals surface area contributed by atoms with Crippen LogP contribution in [0, 0.1) is 0 Å². The van der Waals surface area contributed by atoms with Crippen LogP contribution in [0.5, 0.6) is 0 Å². The predicted octanol–water partition coefficient (Wildman–Crippen LogP) is 0.270. The summed E-state index contributed by atoms with van der Waals surface area (Å²) in [6.07, 6.45) is -1.83. The maximum Gasteiger partial charge on any atom is 0.336 e. The van der Waals surface area contributed by atoms with Gasteiger partial charge in [-0.05, 0) is 13.8 Å². The first-order chi connectivity index (χ1) is 7.51. The second-order valence-electron chi connectivity index (χ2n) is 2.63. The first-order valence-corrected chi connectivity index (χ1v) is 5.99. The van der Waals surface area contributed by atoms with Crippen LogP contribution in [0.25, 0.3) is 0 Å². The summed E-state index contributed by atoms with van der Waals surface area (Å²) < 4.78 is 24.0. The number of ether oxygens (including phenoxy) is 2. The van der Waals surface area contributed by atoms with Crippen molar-refractivity contribution in [3.05, 3.63) is 0 Å². The van der Waals surface area contributed by atoms with Crippen LogP contribution in [0.1, 0.15) is 20.3 Å². The average molecular weight is 254 g/mol. The van der Waals surface area contributed by atoms with Crippen LogP contribution in [-0.2, 0) is 28.2 Å². The molecule has 0 amide bonds. The highest BCUT2D eigenvalue weighted by atomic mass is 31.1. The van der Waals surface area contributed by atoms with Crippen LogP contribution in [-0.4, -0.2) is 36.1 Å². The highest BCUT2D eigenvalue weighted by Crippen LogP contribution is 2.21. The monoisotopic (exact) mass is 254 g/mol. The van der Waals surface area contributed by atoms with Crippen LogP contribution in [0.3, 0.4) is 0 Å². The molecule has 0 spiro atoms. The first-order valence-electron chi connectivity index (χ1n) is 4.73.